The third-order valence-corrected chi connectivity index (χ3v) is 2.71. The van der Waals surface area contributed by atoms with Gasteiger partial charge in [0.1, 0.15) is 0 Å². The van der Waals surface area contributed by atoms with Gasteiger partial charge in [0, 0.05) is 13.0 Å². The number of methoxy groups -OCH3 is 1. The van der Waals surface area contributed by atoms with E-state index in [0.29, 0.717) is 6.42 Å². The first-order valence-corrected chi connectivity index (χ1v) is 7.22. The molecule has 3 N–H and O–H groups in total. The number of carboxylic acid groups (broad SMARTS) is 2. The Kier molecular flexibility index (Phi) is 11.0. The number of hydrogen-bond donors (Lipinski definition) is 3. The minimum absolute atomic E-state index is 0.00964. The summed E-state index contributed by atoms with van der Waals surface area (Å²) < 4.78 is 9.01. The highest BCUT2D eigenvalue weighted by Crippen LogP contribution is 2.07. The zero-order valence-corrected chi connectivity index (χ0v) is 13.6. The lowest BCUT2D eigenvalue weighted by atomic mass is 10.1. The first kappa shape index (κ1) is 22.1. The number of aliphatic hydroxyl groups is 1. The Morgan fingerprint density at radius 1 is 0.920 bits per heavy atom. The number of esters is 2. The molecule has 0 saturated heterocycles. The molecule has 0 radical (unpaired) electrons. The van der Waals surface area contributed by atoms with E-state index in [1.807, 2.05) is 0 Å². The minimum Gasteiger partial charge on any atom is -0.478 e. The van der Waals surface area contributed by atoms with Crippen LogP contribution in [0, 0.1) is 0 Å². The van der Waals surface area contributed by atoms with E-state index in [0.717, 1.165) is 0 Å². The van der Waals surface area contributed by atoms with Crippen molar-refractivity contribution in [3.8, 4) is 0 Å². The second-order valence-electron chi connectivity index (χ2n) is 4.53. The number of aromatic carboxylic acids is 2. The molecular formula is C16H20O9. The van der Waals surface area contributed by atoms with Crippen molar-refractivity contribution in [3.05, 3.63) is 35.4 Å². The molecule has 0 atom stereocenters. The van der Waals surface area contributed by atoms with Gasteiger partial charge in [-0.1, -0.05) is 12.1 Å². The van der Waals surface area contributed by atoms with Crippen molar-refractivity contribution in [2.45, 2.75) is 19.3 Å². The molecule has 0 fully saturated rings. The van der Waals surface area contributed by atoms with E-state index in [9.17, 15) is 19.2 Å². The third-order valence-electron chi connectivity index (χ3n) is 2.71. The van der Waals surface area contributed by atoms with E-state index in [1.54, 1.807) is 0 Å². The fourth-order valence-corrected chi connectivity index (χ4v) is 1.49. The van der Waals surface area contributed by atoms with Gasteiger partial charge in [-0.25, -0.2) is 9.59 Å². The van der Waals surface area contributed by atoms with Crippen molar-refractivity contribution in [2.24, 2.45) is 0 Å². The highest BCUT2D eigenvalue weighted by Gasteiger charge is 2.13. The largest absolute Gasteiger partial charge is 0.478 e. The van der Waals surface area contributed by atoms with Gasteiger partial charge in [0.25, 0.3) is 0 Å². The van der Waals surface area contributed by atoms with Gasteiger partial charge in [-0.3, -0.25) is 9.59 Å². The van der Waals surface area contributed by atoms with Crippen LogP contribution in [0.1, 0.15) is 40.0 Å². The molecule has 0 aliphatic heterocycles. The standard InChI is InChI=1S/C8H14O5.C8H6O4/c1-12-7(10)3-4-8(11)13-6-2-5-9;9-7(10)5-3-1-2-4-6(5)8(11)12/h9H,2-6H2,1H3;1-4H,(H,9,10)(H,11,12). The van der Waals surface area contributed by atoms with E-state index < -0.39 is 23.9 Å². The predicted molar refractivity (Wildman–Crippen MR) is 84.3 cm³/mol. The van der Waals surface area contributed by atoms with Crippen LogP contribution >= 0.6 is 0 Å². The van der Waals surface area contributed by atoms with Crippen LogP contribution in [0.5, 0.6) is 0 Å². The molecule has 138 valence electrons. The lowest BCUT2D eigenvalue weighted by Gasteiger charge is -2.02. The molecule has 0 aliphatic carbocycles. The van der Waals surface area contributed by atoms with Crippen LogP contribution in [-0.4, -0.2) is 59.5 Å². The van der Waals surface area contributed by atoms with Gasteiger partial charge in [-0.05, 0) is 12.1 Å². The molecule has 9 nitrogen and oxygen atoms in total. The summed E-state index contributed by atoms with van der Waals surface area (Å²) in [4.78, 5) is 42.3. The van der Waals surface area contributed by atoms with Crippen molar-refractivity contribution >= 4 is 23.9 Å². The Hall–Kier alpha value is -2.94. The van der Waals surface area contributed by atoms with Crippen LogP contribution in [0.15, 0.2) is 24.3 Å². The van der Waals surface area contributed by atoms with Gasteiger partial charge >= 0.3 is 23.9 Å². The van der Waals surface area contributed by atoms with Gasteiger partial charge in [-0.15, -0.1) is 0 Å². The Labute approximate surface area is 143 Å². The Morgan fingerprint density at radius 3 is 1.80 bits per heavy atom. The summed E-state index contributed by atoms with van der Waals surface area (Å²) in [6.07, 6.45) is 0.483. The SMILES string of the molecule is COC(=O)CCC(=O)OCCCO.O=C(O)c1ccccc1C(=O)O. The lowest BCUT2D eigenvalue weighted by molar-refractivity contribution is -0.149. The lowest BCUT2D eigenvalue weighted by Crippen LogP contribution is -2.10. The smallest absolute Gasteiger partial charge is 0.336 e. The number of aliphatic hydroxyl groups excluding tert-OH is 1. The Bertz CT molecular complexity index is 562. The van der Waals surface area contributed by atoms with Crippen molar-refractivity contribution in [3.63, 3.8) is 0 Å². The summed E-state index contributed by atoms with van der Waals surface area (Å²) >= 11 is 0. The van der Waals surface area contributed by atoms with Crippen molar-refractivity contribution in [1.82, 2.24) is 0 Å². The second-order valence-corrected chi connectivity index (χ2v) is 4.53. The molecule has 1 rings (SSSR count). The summed E-state index contributed by atoms with van der Waals surface area (Å²) in [6.45, 7) is 0.181. The van der Waals surface area contributed by atoms with Gasteiger partial charge in [0.15, 0.2) is 0 Å². The maximum atomic E-state index is 10.8. The maximum Gasteiger partial charge on any atom is 0.336 e. The number of ether oxygens (including phenoxy) is 2. The van der Waals surface area contributed by atoms with Gasteiger partial charge in [-0.2, -0.15) is 0 Å². The molecule has 0 bridgehead atoms. The molecule has 9 heteroatoms. The molecule has 0 saturated carbocycles. The first-order valence-electron chi connectivity index (χ1n) is 7.22. The van der Waals surface area contributed by atoms with Crippen LogP contribution in [0.25, 0.3) is 0 Å². The highest BCUT2D eigenvalue weighted by atomic mass is 16.5. The molecule has 1 aromatic carbocycles. The van der Waals surface area contributed by atoms with E-state index in [2.05, 4.69) is 9.47 Å². The molecular weight excluding hydrogens is 336 g/mol. The summed E-state index contributed by atoms with van der Waals surface area (Å²) in [6, 6.07) is 5.48. The minimum atomic E-state index is -1.23. The van der Waals surface area contributed by atoms with E-state index in [-0.39, 0.29) is 37.2 Å². The van der Waals surface area contributed by atoms with Crippen LogP contribution in [0.3, 0.4) is 0 Å². The normalized spacial score (nSPS) is 9.36. The average Bonchev–Trinajstić information content (AvgIpc) is 2.60. The van der Waals surface area contributed by atoms with Crippen molar-refractivity contribution < 1.29 is 44.0 Å². The zero-order valence-electron chi connectivity index (χ0n) is 13.6. The molecule has 0 aliphatic rings. The first-order chi connectivity index (χ1) is 11.8. The van der Waals surface area contributed by atoms with Crippen LogP contribution in [0.2, 0.25) is 0 Å². The van der Waals surface area contributed by atoms with Crippen LogP contribution in [0.4, 0.5) is 0 Å². The fraction of sp³-hybridized carbons (Fsp3) is 0.375. The Balaban J connectivity index is 0.000000462. The van der Waals surface area contributed by atoms with Gasteiger partial charge in [0.2, 0.25) is 0 Å². The van der Waals surface area contributed by atoms with Crippen LogP contribution in [-0.2, 0) is 19.1 Å². The molecule has 0 heterocycles. The predicted octanol–water partition coefficient (Wildman–Crippen LogP) is 0.948. The van der Waals surface area contributed by atoms with E-state index in [4.69, 9.17) is 15.3 Å². The molecule has 1 aromatic rings. The number of carbonyl (C=O) groups is 4. The summed E-state index contributed by atoms with van der Waals surface area (Å²) in [5.41, 5.74) is -0.380. The zero-order chi connectivity index (χ0) is 19.2. The van der Waals surface area contributed by atoms with Gasteiger partial charge < -0.3 is 24.8 Å². The monoisotopic (exact) mass is 356 g/mol. The maximum absolute atomic E-state index is 10.8. The number of hydrogen-bond acceptors (Lipinski definition) is 7. The molecule has 0 aromatic heterocycles. The third kappa shape index (κ3) is 9.72. The topological polar surface area (TPSA) is 147 Å². The molecule has 0 amide bonds. The summed E-state index contributed by atoms with van der Waals surface area (Å²) in [5, 5.41) is 25.5. The molecule has 0 spiro atoms. The number of benzene rings is 1. The number of rotatable bonds is 8. The fourth-order valence-electron chi connectivity index (χ4n) is 1.49. The van der Waals surface area contributed by atoms with E-state index in [1.165, 1.54) is 31.4 Å². The summed E-state index contributed by atoms with van der Waals surface area (Å²) in [7, 11) is 1.26. The second kappa shape index (κ2) is 12.5. The number of carbonyl (C=O) groups excluding carboxylic acids is 2. The van der Waals surface area contributed by atoms with E-state index >= 15 is 0 Å². The molecule has 0 unspecified atom stereocenters. The Morgan fingerprint density at radius 2 is 1.40 bits per heavy atom. The number of carboxylic acids is 2. The van der Waals surface area contributed by atoms with Crippen molar-refractivity contribution in [2.75, 3.05) is 20.3 Å². The van der Waals surface area contributed by atoms with Crippen molar-refractivity contribution in [1.29, 1.82) is 0 Å². The summed E-state index contributed by atoms with van der Waals surface area (Å²) in [5.74, 6) is -3.33. The average molecular weight is 356 g/mol. The van der Waals surface area contributed by atoms with Gasteiger partial charge in [0.05, 0.1) is 37.7 Å². The quantitative estimate of drug-likeness (QED) is 0.457. The molecule has 25 heavy (non-hydrogen) atoms. The van der Waals surface area contributed by atoms with Crippen LogP contribution < -0.4 is 0 Å². The highest BCUT2D eigenvalue weighted by molar-refractivity contribution is 6.01.